The molecule has 1 N–H and O–H groups in total. The number of hydrogen-bond donors (Lipinski definition) is 1. The van der Waals surface area contributed by atoms with Crippen molar-refractivity contribution < 1.29 is 4.74 Å². The summed E-state index contributed by atoms with van der Waals surface area (Å²) in [7, 11) is 0. The second kappa shape index (κ2) is 3.05. The lowest BCUT2D eigenvalue weighted by molar-refractivity contribution is 0.160. The van der Waals surface area contributed by atoms with E-state index in [4.69, 9.17) is 4.74 Å². The summed E-state index contributed by atoms with van der Waals surface area (Å²) in [6.07, 6.45) is 4.49. The molecule has 0 radical (unpaired) electrons. The number of para-hydroxylation sites is 1. The van der Waals surface area contributed by atoms with Crippen LogP contribution in [0.1, 0.15) is 18.4 Å². The SMILES string of the molecule is C1=C2OCCCC2Nc2ccccc21. The first-order chi connectivity index (χ1) is 6.93. The van der Waals surface area contributed by atoms with Gasteiger partial charge in [0.15, 0.2) is 0 Å². The van der Waals surface area contributed by atoms with Crippen molar-refractivity contribution in [3.63, 3.8) is 0 Å². The predicted molar refractivity (Wildman–Crippen MR) is 57.0 cm³/mol. The van der Waals surface area contributed by atoms with Crippen molar-refractivity contribution in [2.45, 2.75) is 18.9 Å². The first-order valence-corrected chi connectivity index (χ1v) is 5.13. The van der Waals surface area contributed by atoms with Crippen LogP contribution in [0.5, 0.6) is 0 Å². The second-order valence-corrected chi connectivity index (χ2v) is 3.82. The summed E-state index contributed by atoms with van der Waals surface area (Å²) >= 11 is 0. The monoisotopic (exact) mass is 187 g/mol. The van der Waals surface area contributed by atoms with Crippen molar-refractivity contribution in [3.8, 4) is 0 Å². The summed E-state index contributed by atoms with van der Waals surface area (Å²) in [5.74, 6) is 1.11. The van der Waals surface area contributed by atoms with E-state index in [2.05, 4.69) is 35.7 Å². The molecule has 2 heteroatoms. The van der Waals surface area contributed by atoms with E-state index in [1.165, 1.54) is 17.7 Å². The number of anilines is 1. The fourth-order valence-electron chi connectivity index (χ4n) is 2.10. The van der Waals surface area contributed by atoms with E-state index in [0.717, 1.165) is 18.8 Å². The van der Waals surface area contributed by atoms with E-state index in [-0.39, 0.29) is 0 Å². The molecule has 0 amide bonds. The molecule has 0 aromatic heterocycles. The van der Waals surface area contributed by atoms with E-state index in [1.807, 2.05) is 0 Å². The van der Waals surface area contributed by atoms with Crippen molar-refractivity contribution in [2.24, 2.45) is 0 Å². The summed E-state index contributed by atoms with van der Waals surface area (Å²) in [6, 6.07) is 8.76. The molecule has 0 spiro atoms. The van der Waals surface area contributed by atoms with E-state index in [9.17, 15) is 0 Å². The van der Waals surface area contributed by atoms with Crippen LogP contribution in [0.2, 0.25) is 0 Å². The zero-order chi connectivity index (χ0) is 9.38. The predicted octanol–water partition coefficient (Wildman–Crippen LogP) is 2.63. The largest absolute Gasteiger partial charge is 0.496 e. The summed E-state index contributed by atoms with van der Waals surface area (Å²) in [6.45, 7) is 0.867. The normalized spacial score (nSPS) is 23.7. The molecular weight excluding hydrogens is 174 g/mol. The van der Waals surface area contributed by atoms with Gasteiger partial charge in [0.05, 0.1) is 12.6 Å². The van der Waals surface area contributed by atoms with Crippen LogP contribution in [0.15, 0.2) is 30.0 Å². The Hall–Kier alpha value is -1.44. The fraction of sp³-hybridized carbons (Fsp3) is 0.333. The quantitative estimate of drug-likeness (QED) is 0.674. The van der Waals surface area contributed by atoms with Crippen LogP contribution < -0.4 is 5.32 Å². The van der Waals surface area contributed by atoms with Crippen molar-refractivity contribution in [1.82, 2.24) is 0 Å². The molecule has 0 bridgehead atoms. The Labute approximate surface area is 83.6 Å². The molecular formula is C12H13NO. The highest BCUT2D eigenvalue weighted by atomic mass is 16.5. The van der Waals surface area contributed by atoms with Gasteiger partial charge in [-0.25, -0.2) is 0 Å². The minimum Gasteiger partial charge on any atom is -0.496 e. The summed E-state index contributed by atoms with van der Waals surface area (Å²) in [4.78, 5) is 0. The van der Waals surface area contributed by atoms with E-state index >= 15 is 0 Å². The molecule has 1 aromatic rings. The van der Waals surface area contributed by atoms with Gasteiger partial charge in [-0.05, 0) is 25.0 Å². The molecule has 72 valence electrons. The van der Waals surface area contributed by atoms with Gasteiger partial charge in [0, 0.05) is 11.3 Å². The molecule has 1 fully saturated rings. The van der Waals surface area contributed by atoms with Crippen molar-refractivity contribution in [1.29, 1.82) is 0 Å². The highest BCUT2D eigenvalue weighted by Crippen LogP contribution is 2.31. The van der Waals surface area contributed by atoms with Gasteiger partial charge in [0.25, 0.3) is 0 Å². The van der Waals surface area contributed by atoms with Crippen molar-refractivity contribution in [3.05, 3.63) is 35.6 Å². The Balaban J connectivity index is 2.03. The van der Waals surface area contributed by atoms with Crippen LogP contribution in [-0.4, -0.2) is 12.6 Å². The molecule has 2 aliphatic rings. The molecule has 1 saturated heterocycles. The van der Waals surface area contributed by atoms with Crippen LogP contribution in [0, 0.1) is 0 Å². The third-order valence-electron chi connectivity index (χ3n) is 2.84. The molecule has 14 heavy (non-hydrogen) atoms. The smallest absolute Gasteiger partial charge is 0.119 e. The standard InChI is InChI=1S/C12H13NO/c1-2-5-10-9(4-1)8-12-11(13-10)6-3-7-14-12/h1-2,4-5,8,11,13H,3,6-7H2. The van der Waals surface area contributed by atoms with Gasteiger partial charge in [-0.2, -0.15) is 0 Å². The van der Waals surface area contributed by atoms with Crippen LogP contribution in [0.25, 0.3) is 6.08 Å². The highest BCUT2D eigenvalue weighted by Gasteiger charge is 2.24. The Bertz CT molecular complexity index is 384. The molecule has 1 atom stereocenters. The maximum absolute atomic E-state index is 5.64. The van der Waals surface area contributed by atoms with Gasteiger partial charge < -0.3 is 10.1 Å². The van der Waals surface area contributed by atoms with Gasteiger partial charge in [-0.3, -0.25) is 0 Å². The number of fused-ring (bicyclic) bond motifs is 2. The zero-order valence-electron chi connectivity index (χ0n) is 7.99. The molecule has 0 saturated carbocycles. The first-order valence-electron chi connectivity index (χ1n) is 5.13. The third kappa shape index (κ3) is 1.18. The zero-order valence-corrected chi connectivity index (χ0v) is 7.99. The lowest BCUT2D eigenvalue weighted by Crippen LogP contribution is -2.30. The Morgan fingerprint density at radius 2 is 2.21 bits per heavy atom. The molecule has 3 rings (SSSR count). The fourth-order valence-corrected chi connectivity index (χ4v) is 2.10. The van der Waals surface area contributed by atoms with Crippen LogP contribution >= 0.6 is 0 Å². The average Bonchev–Trinajstić information content (AvgIpc) is 2.26. The molecule has 1 aromatic carbocycles. The number of benzene rings is 1. The minimum atomic E-state index is 0.402. The van der Waals surface area contributed by atoms with E-state index in [1.54, 1.807) is 0 Å². The maximum Gasteiger partial charge on any atom is 0.119 e. The number of hydrogen-bond acceptors (Lipinski definition) is 2. The second-order valence-electron chi connectivity index (χ2n) is 3.82. The molecule has 2 aliphatic heterocycles. The lowest BCUT2D eigenvalue weighted by Gasteiger charge is -2.31. The van der Waals surface area contributed by atoms with Gasteiger partial charge in [-0.1, -0.05) is 18.2 Å². The van der Waals surface area contributed by atoms with Crippen molar-refractivity contribution >= 4 is 11.8 Å². The summed E-state index contributed by atoms with van der Waals surface area (Å²) in [5, 5.41) is 3.51. The lowest BCUT2D eigenvalue weighted by atomic mass is 9.99. The molecule has 2 heterocycles. The number of ether oxygens (including phenoxy) is 1. The Morgan fingerprint density at radius 1 is 1.29 bits per heavy atom. The van der Waals surface area contributed by atoms with E-state index in [0.29, 0.717) is 6.04 Å². The minimum absolute atomic E-state index is 0.402. The molecule has 2 nitrogen and oxygen atoms in total. The van der Waals surface area contributed by atoms with E-state index < -0.39 is 0 Å². The van der Waals surface area contributed by atoms with Crippen LogP contribution in [0.3, 0.4) is 0 Å². The Kier molecular flexibility index (Phi) is 1.72. The van der Waals surface area contributed by atoms with Gasteiger partial charge >= 0.3 is 0 Å². The molecule has 1 unspecified atom stereocenters. The summed E-state index contributed by atoms with van der Waals surface area (Å²) < 4.78 is 5.64. The van der Waals surface area contributed by atoms with Gasteiger partial charge in [0.2, 0.25) is 0 Å². The number of nitrogens with one attached hydrogen (secondary N) is 1. The van der Waals surface area contributed by atoms with Crippen LogP contribution in [-0.2, 0) is 4.74 Å². The average molecular weight is 187 g/mol. The van der Waals surface area contributed by atoms with Gasteiger partial charge in [-0.15, -0.1) is 0 Å². The van der Waals surface area contributed by atoms with Gasteiger partial charge in [0.1, 0.15) is 5.76 Å². The first kappa shape index (κ1) is 7.92. The number of rotatable bonds is 0. The van der Waals surface area contributed by atoms with Crippen LogP contribution in [0.4, 0.5) is 5.69 Å². The summed E-state index contributed by atoms with van der Waals surface area (Å²) in [5.41, 5.74) is 2.47. The third-order valence-corrected chi connectivity index (χ3v) is 2.84. The van der Waals surface area contributed by atoms with Crippen molar-refractivity contribution in [2.75, 3.05) is 11.9 Å². The topological polar surface area (TPSA) is 21.3 Å². The Morgan fingerprint density at radius 3 is 3.21 bits per heavy atom. The molecule has 0 aliphatic carbocycles. The highest BCUT2D eigenvalue weighted by molar-refractivity contribution is 5.72. The maximum atomic E-state index is 5.64.